The van der Waals surface area contributed by atoms with Crippen molar-refractivity contribution in [3.05, 3.63) is 12.2 Å². The SMILES string of the molecule is CCCCCCCCCCC/C=C\CCCCCCC(O)CN. The van der Waals surface area contributed by atoms with Crippen molar-refractivity contribution in [3.8, 4) is 0 Å². The average Bonchev–Trinajstić information content (AvgIpc) is 2.57. The molecule has 0 saturated carbocycles. The fraction of sp³-hybridized carbons (Fsp3) is 0.905. The predicted molar refractivity (Wildman–Crippen MR) is 104 cm³/mol. The molecular formula is C21H43NO. The maximum Gasteiger partial charge on any atom is 0.0662 e. The van der Waals surface area contributed by atoms with E-state index in [0.29, 0.717) is 6.54 Å². The van der Waals surface area contributed by atoms with E-state index in [1.165, 1.54) is 89.9 Å². The second-order valence-electron chi connectivity index (χ2n) is 6.97. The molecule has 0 heterocycles. The summed E-state index contributed by atoms with van der Waals surface area (Å²) < 4.78 is 0. The molecule has 0 bridgehead atoms. The summed E-state index contributed by atoms with van der Waals surface area (Å²) in [5.74, 6) is 0. The average molecular weight is 326 g/mol. The van der Waals surface area contributed by atoms with Crippen molar-refractivity contribution in [2.24, 2.45) is 5.73 Å². The highest BCUT2D eigenvalue weighted by Gasteiger charge is 1.99. The summed E-state index contributed by atoms with van der Waals surface area (Å²) in [5, 5.41) is 9.35. The molecule has 0 radical (unpaired) electrons. The van der Waals surface area contributed by atoms with Gasteiger partial charge in [-0.15, -0.1) is 0 Å². The number of hydrogen-bond acceptors (Lipinski definition) is 2. The van der Waals surface area contributed by atoms with Gasteiger partial charge in [0.15, 0.2) is 0 Å². The Morgan fingerprint density at radius 3 is 1.61 bits per heavy atom. The van der Waals surface area contributed by atoms with Gasteiger partial charge in [-0.05, 0) is 32.1 Å². The van der Waals surface area contributed by atoms with Crippen molar-refractivity contribution >= 4 is 0 Å². The van der Waals surface area contributed by atoms with Gasteiger partial charge in [0, 0.05) is 6.54 Å². The quantitative estimate of drug-likeness (QED) is 0.235. The minimum absolute atomic E-state index is 0.286. The lowest BCUT2D eigenvalue weighted by Crippen LogP contribution is -2.19. The molecule has 138 valence electrons. The smallest absolute Gasteiger partial charge is 0.0662 e. The second-order valence-corrected chi connectivity index (χ2v) is 6.97. The number of allylic oxidation sites excluding steroid dienone is 2. The van der Waals surface area contributed by atoms with Crippen molar-refractivity contribution in [1.29, 1.82) is 0 Å². The monoisotopic (exact) mass is 325 g/mol. The van der Waals surface area contributed by atoms with Gasteiger partial charge in [0.25, 0.3) is 0 Å². The molecule has 0 aliphatic heterocycles. The molecule has 23 heavy (non-hydrogen) atoms. The number of aliphatic hydroxyl groups is 1. The third-order valence-electron chi connectivity index (χ3n) is 4.57. The standard InChI is InChI=1S/C21H43NO/c1-2-3-4-5-6-7-8-9-10-11-12-13-14-15-16-17-18-19-21(23)20-22/h12-13,21,23H,2-11,14-20,22H2,1H3/b13-12-. The van der Waals surface area contributed by atoms with E-state index in [9.17, 15) is 5.11 Å². The van der Waals surface area contributed by atoms with E-state index >= 15 is 0 Å². The van der Waals surface area contributed by atoms with Gasteiger partial charge in [0.2, 0.25) is 0 Å². The van der Waals surface area contributed by atoms with Gasteiger partial charge in [-0.1, -0.05) is 89.7 Å². The van der Waals surface area contributed by atoms with Crippen LogP contribution >= 0.6 is 0 Å². The molecule has 0 fully saturated rings. The van der Waals surface area contributed by atoms with Crippen LogP contribution in [0.5, 0.6) is 0 Å². The lowest BCUT2D eigenvalue weighted by atomic mass is 10.1. The molecule has 0 aromatic rings. The van der Waals surface area contributed by atoms with Crippen LogP contribution in [-0.4, -0.2) is 17.8 Å². The summed E-state index contributed by atoms with van der Waals surface area (Å²) in [5.41, 5.74) is 5.38. The van der Waals surface area contributed by atoms with E-state index in [1.54, 1.807) is 0 Å². The third-order valence-corrected chi connectivity index (χ3v) is 4.57. The number of aliphatic hydroxyl groups excluding tert-OH is 1. The summed E-state index contributed by atoms with van der Waals surface area (Å²) in [6.07, 6.45) is 25.4. The van der Waals surface area contributed by atoms with Crippen LogP contribution in [0.15, 0.2) is 12.2 Å². The highest BCUT2D eigenvalue weighted by atomic mass is 16.3. The molecule has 0 rings (SSSR count). The van der Waals surface area contributed by atoms with E-state index in [2.05, 4.69) is 19.1 Å². The number of unbranched alkanes of at least 4 members (excludes halogenated alkanes) is 13. The molecule has 1 unspecified atom stereocenters. The molecular weight excluding hydrogens is 282 g/mol. The summed E-state index contributed by atoms with van der Waals surface area (Å²) in [6, 6.07) is 0. The Hall–Kier alpha value is -0.340. The first-order valence-corrected chi connectivity index (χ1v) is 10.3. The third kappa shape index (κ3) is 19.6. The Morgan fingerprint density at radius 2 is 1.13 bits per heavy atom. The highest BCUT2D eigenvalue weighted by Crippen LogP contribution is 2.11. The van der Waals surface area contributed by atoms with Gasteiger partial charge in [0.05, 0.1) is 6.10 Å². The minimum atomic E-state index is -0.286. The van der Waals surface area contributed by atoms with Crippen molar-refractivity contribution in [1.82, 2.24) is 0 Å². The van der Waals surface area contributed by atoms with Crippen molar-refractivity contribution < 1.29 is 5.11 Å². The van der Waals surface area contributed by atoms with Gasteiger partial charge in [-0.25, -0.2) is 0 Å². The fourth-order valence-electron chi connectivity index (χ4n) is 2.92. The Bertz CT molecular complexity index is 240. The molecule has 0 aliphatic carbocycles. The predicted octanol–water partition coefficient (Wildman–Crippen LogP) is 6.12. The van der Waals surface area contributed by atoms with E-state index in [-0.39, 0.29) is 6.10 Å². The van der Waals surface area contributed by atoms with E-state index in [0.717, 1.165) is 12.8 Å². The van der Waals surface area contributed by atoms with Crippen LogP contribution in [0.2, 0.25) is 0 Å². The maximum absolute atomic E-state index is 9.35. The van der Waals surface area contributed by atoms with Crippen LogP contribution in [0.4, 0.5) is 0 Å². The lowest BCUT2D eigenvalue weighted by molar-refractivity contribution is 0.168. The minimum Gasteiger partial charge on any atom is -0.392 e. The summed E-state index contributed by atoms with van der Waals surface area (Å²) in [6.45, 7) is 2.68. The van der Waals surface area contributed by atoms with Gasteiger partial charge < -0.3 is 10.8 Å². The van der Waals surface area contributed by atoms with Crippen LogP contribution in [0, 0.1) is 0 Å². The van der Waals surface area contributed by atoms with Gasteiger partial charge in [-0.2, -0.15) is 0 Å². The van der Waals surface area contributed by atoms with Crippen molar-refractivity contribution in [3.63, 3.8) is 0 Å². The van der Waals surface area contributed by atoms with Crippen LogP contribution in [0.25, 0.3) is 0 Å². The molecule has 0 aromatic carbocycles. The van der Waals surface area contributed by atoms with Gasteiger partial charge in [-0.3, -0.25) is 0 Å². The van der Waals surface area contributed by atoms with Crippen molar-refractivity contribution in [2.45, 2.75) is 116 Å². The van der Waals surface area contributed by atoms with E-state index in [4.69, 9.17) is 5.73 Å². The summed E-state index contributed by atoms with van der Waals surface area (Å²) >= 11 is 0. The molecule has 2 nitrogen and oxygen atoms in total. The van der Waals surface area contributed by atoms with Crippen LogP contribution in [0.3, 0.4) is 0 Å². The Balaban J connectivity index is 3.09. The van der Waals surface area contributed by atoms with E-state index < -0.39 is 0 Å². The normalized spacial score (nSPS) is 13.0. The van der Waals surface area contributed by atoms with Crippen LogP contribution in [0.1, 0.15) is 110 Å². The van der Waals surface area contributed by atoms with Crippen LogP contribution < -0.4 is 5.73 Å². The first-order chi connectivity index (χ1) is 11.3. The first kappa shape index (κ1) is 22.7. The fourth-order valence-corrected chi connectivity index (χ4v) is 2.92. The van der Waals surface area contributed by atoms with E-state index in [1.807, 2.05) is 0 Å². The molecule has 0 spiro atoms. The molecule has 0 amide bonds. The van der Waals surface area contributed by atoms with Gasteiger partial charge in [0.1, 0.15) is 0 Å². The zero-order chi connectivity index (χ0) is 17.0. The molecule has 0 aromatic heterocycles. The molecule has 3 N–H and O–H groups in total. The highest BCUT2D eigenvalue weighted by molar-refractivity contribution is 4.81. The molecule has 1 atom stereocenters. The number of rotatable bonds is 18. The second kappa shape index (κ2) is 19.7. The summed E-state index contributed by atoms with van der Waals surface area (Å²) in [7, 11) is 0. The summed E-state index contributed by atoms with van der Waals surface area (Å²) in [4.78, 5) is 0. The molecule has 2 heteroatoms. The maximum atomic E-state index is 9.35. The first-order valence-electron chi connectivity index (χ1n) is 10.3. The molecule has 0 aliphatic rings. The zero-order valence-electron chi connectivity index (χ0n) is 15.8. The Morgan fingerprint density at radius 1 is 0.696 bits per heavy atom. The largest absolute Gasteiger partial charge is 0.392 e. The molecule has 0 saturated heterocycles. The Labute approximate surface area is 145 Å². The van der Waals surface area contributed by atoms with Crippen molar-refractivity contribution in [2.75, 3.05) is 6.54 Å². The van der Waals surface area contributed by atoms with Gasteiger partial charge >= 0.3 is 0 Å². The topological polar surface area (TPSA) is 46.2 Å². The van der Waals surface area contributed by atoms with Crippen LogP contribution in [-0.2, 0) is 0 Å². The zero-order valence-corrected chi connectivity index (χ0v) is 15.8. The lowest BCUT2D eigenvalue weighted by Gasteiger charge is -2.06. The Kier molecular flexibility index (Phi) is 19.4. The number of nitrogens with two attached hydrogens (primary N) is 1. The number of hydrogen-bond donors (Lipinski definition) is 2.